The van der Waals surface area contributed by atoms with Crippen molar-refractivity contribution >= 4 is 22.5 Å². The number of hydrogen-bond acceptors (Lipinski definition) is 6. The summed E-state index contributed by atoms with van der Waals surface area (Å²) in [6, 6.07) is 25.0. The lowest BCUT2D eigenvalue weighted by atomic mass is 9.91. The van der Waals surface area contributed by atoms with Gasteiger partial charge in [-0.3, -0.25) is 14.7 Å². The number of H-pyrrole nitrogens is 1. The van der Waals surface area contributed by atoms with Gasteiger partial charge in [0.2, 0.25) is 0 Å². The molecule has 46 heavy (non-hydrogen) atoms. The third-order valence-corrected chi connectivity index (χ3v) is 8.95. The van der Waals surface area contributed by atoms with Crippen molar-refractivity contribution in [3.8, 4) is 39.6 Å². The zero-order valence-corrected chi connectivity index (χ0v) is 25.8. The quantitative estimate of drug-likeness (QED) is 0.155. The molecule has 4 aromatic carbocycles. The molecule has 0 spiro atoms. The first-order chi connectivity index (χ1) is 22.3. The number of nitrogens with one attached hydrogen (secondary N) is 1. The number of para-hydroxylation sites is 1. The summed E-state index contributed by atoms with van der Waals surface area (Å²) in [5, 5.41) is 8.22. The number of benzene rings is 4. The van der Waals surface area contributed by atoms with Crippen LogP contribution in [0.3, 0.4) is 0 Å². The van der Waals surface area contributed by atoms with Gasteiger partial charge in [-0.25, -0.2) is 9.37 Å². The Balaban J connectivity index is 1.20. The Morgan fingerprint density at radius 1 is 0.935 bits per heavy atom. The van der Waals surface area contributed by atoms with Crippen LogP contribution in [-0.2, 0) is 5.41 Å². The highest BCUT2D eigenvalue weighted by Crippen LogP contribution is 2.50. The molecule has 0 aliphatic heterocycles. The summed E-state index contributed by atoms with van der Waals surface area (Å²) >= 11 is 0. The monoisotopic (exact) mass is 613 g/mol. The number of aromatic amines is 1. The molecule has 7 rings (SSSR count). The van der Waals surface area contributed by atoms with Crippen molar-refractivity contribution in [1.82, 2.24) is 15.2 Å². The van der Waals surface area contributed by atoms with E-state index in [1.165, 1.54) is 12.1 Å². The van der Waals surface area contributed by atoms with Gasteiger partial charge in [-0.05, 0) is 91.1 Å². The number of rotatable bonds is 10. The van der Waals surface area contributed by atoms with Crippen LogP contribution in [0.4, 0.5) is 4.39 Å². The van der Waals surface area contributed by atoms with Crippen LogP contribution in [0, 0.1) is 12.7 Å². The minimum Gasteiger partial charge on any atom is -0.496 e. The molecule has 7 nitrogen and oxygen atoms in total. The summed E-state index contributed by atoms with van der Waals surface area (Å²) in [5.74, 6) is 1.97. The minimum absolute atomic E-state index is 0.0267. The van der Waals surface area contributed by atoms with Gasteiger partial charge in [0.1, 0.15) is 28.7 Å². The van der Waals surface area contributed by atoms with Crippen LogP contribution in [0.25, 0.3) is 44.8 Å². The Kier molecular flexibility index (Phi) is 7.35. The van der Waals surface area contributed by atoms with E-state index in [1.807, 2.05) is 74.5 Å². The van der Waals surface area contributed by atoms with E-state index in [-0.39, 0.29) is 22.8 Å². The predicted octanol–water partition coefficient (Wildman–Crippen LogP) is 8.91. The fourth-order valence-electron chi connectivity index (χ4n) is 6.14. The summed E-state index contributed by atoms with van der Waals surface area (Å²) in [6.07, 6.45) is 2.30. The van der Waals surface area contributed by atoms with Crippen molar-refractivity contribution in [3.63, 3.8) is 0 Å². The zero-order chi connectivity index (χ0) is 32.0. The number of aryl methyl sites for hydroxylation is 1. The zero-order valence-electron chi connectivity index (χ0n) is 25.8. The van der Waals surface area contributed by atoms with Crippen molar-refractivity contribution < 1.29 is 23.1 Å². The number of ketones is 2. The lowest BCUT2D eigenvalue weighted by molar-refractivity contribution is 0.0965. The summed E-state index contributed by atoms with van der Waals surface area (Å²) in [7, 11) is 1.62. The summed E-state index contributed by atoms with van der Waals surface area (Å²) in [6.45, 7) is 3.81. The number of carbonyl (C=O) groups is 2. The molecule has 2 heterocycles. The van der Waals surface area contributed by atoms with E-state index in [0.717, 1.165) is 35.1 Å². The van der Waals surface area contributed by atoms with Gasteiger partial charge in [0.15, 0.2) is 17.4 Å². The standard InChI is InChI=1S/C38H32FN3O4/c1-4-30(43)34-29-19-24(13-16-33(29)46-35(34)23-11-14-26(39)15-12-23)28-20-25(10-9-22(28)2)31(44)21-38(17-18-38)37-40-36(41-42-37)27-7-5-6-8-32(27)45-3/h5-16,19-20H,4,17-18,21H2,1-3H3,(H,40,41,42). The number of methoxy groups -OCH3 is 1. The van der Waals surface area contributed by atoms with Gasteiger partial charge in [-0.1, -0.05) is 37.3 Å². The predicted molar refractivity (Wildman–Crippen MR) is 175 cm³/mol. The van der Waals surface area contributed by atoms with Crippen LogP contribution in [0.15, 0.2) is 89.3 Å². The fraction of sp³-hybridized carbons (Fsp3) is 0.211. The van der Waals surface area contributed by atoms with E-state index in [1.54, 1.807) is 19.2 Å². The second-order valence-electron chi connectivity index (χ2n) is 11.9. The van der Waals surface area contributed by atoms with Gasteiger partial charge in [-0.2, -0.15) is 5.10 Å². The van der Waals surface area contributed by atoms with Gasteiger partial charge in [0, 0.05) is 34.8 Å². The highest BCUT2D eigenvalue weighted by Gasteiger charge is 2.49. The average molecular weight is 614 g/mol. The molecule has 1 aliphatic carbocycles. The topological polar surface area (TPSA) is 98.1 Å². The molecule has 0 unspecified atom stereocenters. The van der Waals surface area contributed by atoms with Gasteiger partial charge in [0.25, 0.3) is 0 Å². The molecule has 0 saturated heterocycles. The molecule has 1 saturated carbocycles. The van der Waals surface area contributed by atoms with Crippen LogP contribution in [0.5, 0.6) is 5.75 Å². The number of ether oxygens (including phenoxy) is 1. The first kappa shape index (κ1) is 29.3. The molecule has 0 atom stereocenters. The van der Waals surface area contributed by atoms with Crippen LogP contribution >= 0.6 is 0 Å². The number of carbonyl (C=O) groups excluding carboxylic acids is 2. The minimum atomic E-state index is -0.378. The van der Waals surface area contributed by atoms with Gasteiger partial charge in [0.05, 0.1) is 18.2 Å². The van der Waals surface area contributed by atoms with Crippen molar-refractivity contribution in [2.24, 2.45) is 0 Å². The maximum Gasteiger partial charge on any atom is 0.184 e. The highest BCUT2D eigenvalue weighted by atomic mass is 19.1. The van der Waals surface area contributed by atoms with E-state index in [2.05, 4.69) is 10.2 Å². The number of furan rings is 1. The van der Waals surface area contributed by atoms with E-state index < -0.39 is 0 Å². The van der Waals surface area contributed by atoms with Gasteiger partial charge < -0.3 is 9.15 Å². The molecule has 1 N–H and O–H groups in total. The van der Waals surface area contributed by atoms with Crippen molar-refractivity contribution in [3.05, 3.63) is 113 Å². The summed E-state index contributed by atoms with van der Waals surface area (Å²) in [4.78, 5) is 31.7. The SMILES string of the molecule is CCC(=O)c1c(-c2ccc(F)cc2)oc2ccc(-c3cc(C(=O)CC4(c5nc(-c6ccccc6OC)n[nH]5)CC4)ccc3C)cc12. The number of halogens is 1. The Morgan fingerprint density at radius 2 is 1.70 bits per heavy atom. The third kappa shape index (κ3) is 5.19. The van der Waals surface area contributed by atoms with Gasteiger partial charge >= 0.3 is 0 Å². The summed E-state index contributed by atoms with van der Waals surface area (Å²) in [5.41, 5.74) is 5.48. The summed E-state index contributed by atoms with van der Waals surface area (Å²) < 4.78 is 25.3. The molecule has 6 aromatic rings. The van der Waals surface area contributed by atoms with Crippen LogP contribution in [0.2, 0.25) is 0 Å². The number of fused-ring (bicyclic) bond motifs is 1. The molecule has 1 aliphatic rings. The molecule has 8 heteroatoms. The van der Waals surface area contributed by atoms with Gasteiger partial charge in [-0.15, -0.1) is 0 Å². The third-order valence-electron chi connectivity index (χ3n) is 8.95. The number of nitrogens with zero attached hydrogens (tertiary/aromatic N) is 2. The largest absolute Gasteiger partial charge is 0.496 e. The Bertz CT molecular complexity index is 2120. The molecule has 0 bridgehead atoms. The van der Waals surface area contributed by atoms with Crippen molar-refractivity contribution in [2.75, 3.05) is 7.11 Å². The highest BCUT2D eigenvalue weighted by molar-refractivity contribution is 6.12. The number of hydrogen-bond donors (Lipinski definition) is 1. The molecule has 0 radical (unpaired) electrons. The Hall–Kier alpha value is -5.37. The van der Waals surface area contributed by atoms with E-state index in [4.69, 9.17) is 14.1 Å². The average Bonchev–Trinajstić information content (AvgIpc) is 3.50. The lowest BCUT2D eigenvalue weighted by Gasteiger charge is -2.13. The van der Waals surface area contributed by atoms with Crippen LogP contribution in [0.1, 0.15) is 64.7 Å². The molecule has 1 fully saturated rings. The molecule has 2 aromatic heterocycles. The van der Waals surface area contributed by atoms with Crippen LogP contribution in [-0.4, -0.2) is 33.9 Å². The maximum absolute atomic E-state index is 13.8. The number of Topliss-reactive ketones (excluding diaryl/α,β-unsaturated/α-hetero) is 2. The molecule has 230 valence electrons. The normalized spacial score (nSPS) is 13.6. The van der Waals surface area contributed by atoms with Crippen LogP contribution < -0.4 is 4.74 Å². The first-order valence-corrected chi connectivity index (χ1v) is 15.4. The maximum atomic E-state index is 13.8. The first-order valence-electron chi connectivity index (χ1n) is 15.4. The Labute approximate surface area is 265 Å². The van der Waals surface area contributed by atoms with E-state index in [0.29, 0.717) is 63.7 Å². The second kappa shape index (κ2) is 11.5. The van der Waals surface area contributed by atoms with Crippen molar-refractivity contribution in [1.29, 1.82) is 0 Å². The van der Waals surface area contributed by atoms with E-state index >= 15 is 0 Å². The van der Waals surface area contributed by atoms with Crippen molar-refractivity contribution in [2.45, 2.75) is 44.9 Å². The molecular formula is C38H32FN3O4. The lowest BCUT2D eigenvalue weighted by Crippen LogP contribution is -2.15. The Morgan fingerprint density at radius 3 is 2.43 bits per heavy atom. The fourth-order valence-corrected chi connectivity index (χ4v) is 6.14. The van der Waals surface area contributed by atoms with E-state index in [9.17, 15) is 14.0 Å². The smallest absolute Gasteiger partial charge is 0.184 e. The second-order valence-corrected chi connectivity index (χ2v) is 11.9. The number of aromatic nitrogens is 3. The molecular weight excluding hydrogens is 581 g/mol. The molecule has 0 amide bonds.